The third-order valence-corrected chi connectivity index (χ3v) is 4.10. The zero-order valence-electron chi connectivity index (χ0n) is 14.2. The summed E-state index contributed by atoms with van der Waals surface area (Å²) < 4.78 is 0. The van der Waals surface area contributed by atoms with Gasteiger partial charge in [0.05, 0.1) is 11.1 Å². The predicted octanol–water partition coefficient (Wildman–Crippen LogP) is 2.01. The average Bonchev–Trinajstić information content (AvgIpc) is 2.79. The second-order valence-corrected chi connectivity index (χ2v) is 5.92. The second kappa shape index (κ2) is 8.91. The van der Waals surface area contributed by atoms with Crippen LogP contribution in [0.5, 0.6) is 0 Å². The summed E-state index contributed by atoms with van der Waals surface area (Å²) in [4.78, 5) is 35.9. The first-order chi connectivity index (χ1) is 12.0. The summed E-state index contributed by atoms with van der Waals surface area (Å²) in [5.74, 6) is -0.395. The molecule has 1 aliphatic heterocycles. The number of nitro groups is 1. The Balaban J connectivity index is 1.93. The summed E-state index contributed by atoms with van der Waals surface area (Å²) in [6.45, 7) is 2.41. The summed E-state index contributed by atoms with van der Waals surface area (Å²) in [7, 11) is 0. The Labute approximate surface area is 146 Å². The van der Waals surface area contributed by atoms with Gasteiger partial charge < -0.3 is 4.90 Å². The molecular weight excluding hydrogens is 324 g/mol. The summed E-state index contributed by atoms with van der Waals surface area (Å²) in [5.41, 5.74) is 3.57. The van der Waals surface area contributed by atoms with Crippen LogP contribution in [0.25, 0.3) is 0 Å². The lowest BCUT2D eigenvalue weighted by Gasteiger charge is -2.18. The molecule has 0 unspecified atom stereocenters. The highest BCUT2D eigenvalue weighted by Crippen LogP contribution is 2.20. The normalized spacial score (nSPS) is 15.2. The topological polar surface area (TPSA) is 105 Å². The van der Waals surface area contributed by atoms with Gasteiger partial charge in [0.1, 0.15) is 6.54 Å². The third kappa shape index (κ3) is 5.37. The Bertz CT molecular complexity index is 687. The number of aryl methyl sites for hydroxylation is 1. The number of hydrogen-bond acceptors (Lipinski definition) is 5. The van der Waals surface area contributed by atoms with Crippen LogP contribution in [0.15, 0.2) is 23.3 Å². The van der Waals surface area contributed by atoms with E-state index in [1.807, 2.05) is 6.92 Å². The van der Waals surface area contributed by atoms with Gasteiger partial charge in [0.2, 0.25) is 5.91 Å². The monoisotopic (exact) mass is 346 g/mol. The molecule has 1 aromatic carbocycles. The summed E-state index contributed by atoms with van der Waals surface area (Å²) >= 11 is 0. The van der Waals surface area contributed by atoms with Crippen molar-refractivity contribution in [3.8, 4) is 0 Å². The highest BCUT2D eigenvalue weighted by atomic mass is 16.6. The van der Waals surface area contributed by atoms with Crippen LogP contribution in [-0.2, 0) is 16.0 Å². The van der Waals surface area contributed by atoms with Crippen LogP contribution in [0.4, 0.5) is 5.69 Å². The van der Waals surface area contributed by atoms with E-state index in [1.165, 1.54) is 12.3 Å². The standard InChI is InChI=1S/C17H22N4O4/c1-2-14-8-7-13(10-15(14)21(24)25)11-18-19-16(22)12-20-9-5-3-4-6-17(20)23/h7-8,10-11H,2-6,9,12H2,1H3,(H,19,22)/b18-11-. The van der Waals surface area contributed by atoms with Crippen molar-refractivity contribution < 1.29 is 14.5 Å². The minimum Gasteiger partial charge on any atom is -0.333 e. The molecule has 0 aliphatic carbocycles. The summed E-state index contributed by atoms with van der Waals surface area (Å²) in [6, 6.07) is 4.81. The molecule has 8 heteroatoms. The number of likely N-dealkylation sites (tertiary alicyclic amines) is 1. The minimum absolute atomic E-state index is 0.0117. The largest absolute Gasteiger partial charge is 0.333 e. The first kappa shape index (κ1) is 18.6. The van der Waals surface area contributed by atoms with Crippen molar-refractivity contribution in [1.82, 2.24) is 10.3 Å². The lowest BCUT2D eigenvalue weighted by molar-refractivity contribution is -0.385. The van der Waals surface area contributed by atoms with E-state index < -0.39 is 4.92 Å². The molecule has 0 bridgehead atoms. The number of benzene rings is 1. The molecule has 0 saturated carbocycles. The van der Waals surface area contributed by atoms with Gasteiger partial charge in [0.25, 0.3) is 11.6 Å². The first-order valence-electron chi connectivity index (χ1n) is 8.38. The number of rotatable bonds is 6. The highest BCUT2D eigenvalue weighted by Gasteiger charge is 2.18. The lowest BCUT2D eigenvalue weighted by atomic mass is 10.1. The van der Waals surface area contributed by atoms with Crippen LogP contribution in [0.2, 0.25) is 0 Å². The zero-order chi connectivity index (χ0) is 18.2. The Morgan fingerprint density at radius 3 is 2.92 bits per heavy atom. The van der Waals surface area contributed by atoms with E-state index >= 15 is 0 Å². The molecule has 1 saturated heterocycles. The van der Waals surface area contributed by atoms with Crippen LogP contribution in [0.3, 0.4) is 0 Å². The number of nitrogens with one attached hydrogen (secondary N) is 1. The first-order valence-corrected chi connectivity index (χ1v) is 8.38. The minimum atomic E-state index is -0.431. The van der Waals surface area contributed by atoms with Crippen LogP contribution in [-0.4, -0.2) is 40.9 Å². The zero-order valence-corrected chi connectivity index (χ0v) is 14.2. The van der Waals surface area contributed by atoms with Gasteiger partial charge in [0, 0.05) is 30.2 Å². The smallest absolute Gasteiger partial charge is 0.273 e. The average molecular weight is 346 g/mol. The SMILES string of the molecule is CCc1ccc(/C=N\NC(=O)CN2CCCCCC2=O)cc1[N+](=O)[O-]. The van der Waals surface area contributed by atoms with E-state index in [0.29, 0.717) is 30.5 Å². The van der Waals surface area contributed by atoms with Crippen molar-refractivity contribution in [2.75, 3.05) is 13.1 Å². The number of hydrogen-bond donors (Lipinski definition) is 1. The molecule has 0 aromatic heterocycles. The van der Waals surface area contributed by atoms with Crippen LogP contribution in [0, 0.1) is 10.1 Å². The van der Waals surface area contributed by atoms with Gasteiger partial charge in [-0.3, -0.25) is 19.7 Å². The van der Waals surface area contributed by atoms with E-state index in [2.05, 4.69) is 10.5 Å². The second-order valence-electron chi connectivity index (χ2n) is 5.92. The van der Waals surface area contributed by atoms with Crippen molar-refractivity contribution in [2.45, 2.75) is 39.0 Å². The molecule has 1 N–H and O–H groups in total. The summed E-state index contributed by atoms with van der Waals surface area (Å²) in [5, 5.41) is 14.9. The van der Waals surface area contributed by atoms with Crippen molar-refractivity contribution in [3.05, 3.63) is 39.4 Å². The highest BCUT2D eigenvalue weighted by molar-refractivity contribution is 5.86. The van der Waals surface area contributed by atoms with Gasteiger partial charge in [-0.2, -0.15) is 5.10 Å². The molecule has 0 atom stereocenters. The maximum Gasteiger partial charge on any atom is 0.273 e. The maximum atomic E-state index is 11.9. The van der Waals surface area contributed by atoms with Gasteiger partial charge >= 0.3 is 0 Å². The molecular formula is C17H22N4O4. The molecule has 134 valence electrons. The van der Waals surface area contributed by atoms with Gasteiger partial charge in [-0.15, -0.1) is 0 Å². The van der Waals surface area contributed by atoms with Crippen LogP contribution < -0.4 is 5.43 Å². The maximum absolute atomic E-state index is 11.9. The molecule has 25 heavy (non-hydrogen) atoms. The lowest BCUT2D eigenvalue weighted by Crippen LogP contribution is -2.39. The van der Waals surface area contributed by atoms with E-state index in [0.717, 1.165) is 19.3 Å². The molecule has 1 heterocycles. The fourth-order valence-corrected chi connectivity index (χ4v) is 2.72. The van der Waals surface area contributed by atoms with E-state index in [-0.39, 0.29) is 24.0 Å². The number of nitrogens with zero attached hydrogens (tertiary/aromatic N) is 3. The van der Waals surface area contributed by atoms with Gasteiger partial charge in [-0.25, -0.2) is 5.43 Å². The van der Waals surface area contributed by atoms with Crippen molar-refractivity contribution in [2.24, 2.45) is 5.10 Å². The van der Waals surface area contributed by atoms with Crippen LogP contribution in [0.1, 0.15) is 43.7 Å². The fraction of sp³-hybridized carbons (Fsp3) is 0.471. The molecule has 0 radical (unpaired) electrons. The van der Waals surface area contributed by atoms with Crippen molar-refractivity contribution in [3.63, 3.8) is 0 Å². The molecule has 1 fully saturated rings. The summed E-state index contributed by atoms with van der Waals surface area (Å²) in [6.07, 6.45) is 5.15. The Kier molecular flexibility index (Phi) is 6.62. The van der Waals surface area contributed by atoms with Gasteiger partial charge in [-0.05, 0) is 19.3 Å². The van der Waals surface area contributed by atoms with E-state index in [4.69, 9.17) is 0 Å². The van der Waals surface area contributed by atoms with Gasteiger partial charge in [0.15, 0.2) is 0 Å². The number of amides is 2. The van der Waals surface area contributed by atoms with E-state index in [1.54, 1.807) is 17.0 Å². The number of carbonyl (C=O) groups is 2. The fourth-order valence-electron chi connectivity index (χ4n) is 2.72. The Morgan fingerprint density at radius 2 is 2.20 bits per heavy atom. The van der Waals surface area contributed by atoms with E-state index in [9.17, 15) is 19.7 Å². The molecule has 1 aliphatic rings. The molecule has 2 rings (SSSR count). The number of hydrazone groups is 1. The predicted molar refractivity (Wildman–Crippen MR) is 93.3 cm³/mol. The Hall–Kier alpha value is -2.77. The quantitative estimate of drug-likeness (QED) is 0.483. The molecule has 0 spiro atoms. The molecule has 1 aromatic rings. The third-order valence-electron chi connectivity index (χ3n) is 4.10. The molecule has 8 nitrogen and oxygen atoms in total. The number of carbonyl (C=O) groups excluding carboxylic acids is 2. The van der Waals surface area contributed by atoms with Crippen LogP contribution >= 0.6 is 0 Å². The molecule has 2 amide bonds. The Morgan fingerprint density at radius 1 is 1.40 bits per heavy atom. The number of nitro benzene ring substituents is 1. The van der Waals surface area contributed by atoms with Crippen molar-refractivity contribution >= 4 is 23.7 Å². The van der Waals surface area contributed by atoms with Gasteiger partial charge in [-0.1, -0.05) is 25.5 Å². The van der Waals surface area contributed by atoms with Crippen molar-refractivity contribution in [1.29, 1.82) is 0 Å².